The highest BCUT2D eigenvalue weighted by Gasteiger charge is 2.22. The molecule has 0 bridgehead atoms. The zero-order valence-electron chi connectivity index (χ0n) is 18.7. The number of methoxy groups -OCH3 is 1. The van der Waals surface area contributed by atoms with E-state index in [2.05, 4.69) is 26.1 Å². The molecule has 1 heterocycles. The summed E-state index contributed by atoms with van der Waals surface area (Å²) in [5, 5.41) is 2.93. The second kappa shape index (κ2) is 10.1. The molecular formula is C26H26BrN3O3. The lowest BCUT2D eigenvalue weighted by atomic mass is 10.1. The topological polar surface area (TPSA) is 61.9 Å². The maximum absolute atomic E-state index is 12.7. The van der Waals surface area contributed by atoms with Gasteiger partial charge in [-0.15, -0.1) is 0 Å². The molecule has 0 aromatic heterocycles. The summed E-state index contributed by atoms with van der Waals surface area (Å²) < 4.78 is 5.94. The van der Waals surface area contributed by atoms with Gasteiger partial charge in [-0.1, -0.05) is 17.7 Å². The minimum Gasteiger partial charge on any atom is -0.496 e. The number of hydrogen-bond donors (Lipinski definition) is 1. The minimum absolute atomic E-state index is 0.0814. The van der Waals surface area contributed by atoms with Gasteiger partial charge >= 0.3 is 0 Å². The molecule has 0 atom stereocenters. The summed E-state index contributed by atoms with van der Waals surface area (Å²) in [6.07, 6.45) is 0. The first kappa shape index (κ1) is 22.9. The highest BCUT2D eigenvalue weighted by molar-refractivity contribution is 9.10. The molecule has 2 amide bonds. The van der Waals surface area contributed by atoms with Crippen molar-refractivity contribution >= 4 is 39.1 Å². The van der Waals surface area contributed by atoms with Gasteiger partial charge in [-0.25, -0.2) is 0 Å². The molecule has 0 saturated carbocycles. The van der Waals surface area contributed by atoms with Crippen LogP contribution in [0.4, 0.5) is 11.4 Å². The number of carbonyl (C=O) groups is 2. The Balaban J connectivity index is 1.33. The fourth-order valence-corrected chi connectivity index (χ4v) is 4.35. The van der Waals surface area contributed by atoms with Crippen LogP contribution in [0.1, 0.15) is 26.3 Å². The average molecular weight is 508 g/mol. The van der Waals surface area contributed by atoms with Gasteiger partial charge in [-0.2, -0.15) is 0 Å². The van der Waals surface area contributed by atoms with E-state index in [0.717, 1.165) is 40.1 Å². The van der Waals surface area contributed by atoms with E-state index in [0.29, 0.717) is 24.4 Å². The molecule has 0 aliphatic carbocycles. The summed E-state index contributed by atoms with van der Waals surface area (Å²) in [4.78, 5) is 29.5. The number of anilines is 2. The normalized spacial score (nSPS) is 13.5. The molecule has 0 unspecified atom stereocenters. The van der Waals surface area contributed by atoms with E-state index in [-0.39, 0.29) is 11.8 Å². The second-order valence-corrected chi connectivity index (χ2v) is 8.85. The molecule has 4 rings (SSSR count). The number of hydrogen-bond acceptors (Lipinski definition) is 4. The number of amides is 2. The van der Waals surface area contributed by atoms with E-state index >= 15 is 0 Å². The van der Waals surface area contributed by atoms with Crippen LogP contribution < -0.4 is 15.0 Å². The quantitative estimate of drug-likeness (QED) is 0.528. The number of rotatable bonds is 5. The maximum Gasteiger partial charge on any atom is 0.255 e. The van der Waals surface area contributed by atoms with Crippen molar-refractivity contribution < 1.29 is 14.3 Å². The van der Waals surface area contributed by atoms with Gasteiger partial charge < -0.3 is 19.9 Å². The second-order valence-electron chi connectivity index (χ2n) is 8.00. The zero-order chi connectivity index (χ0) is 23.4. The molecule has 1 aliphatic heterocycles. The fraction of sp³-hybridized carbons (Fsp3) is 0.231. The smallest absolute Gasteiger partial charge is 0.255 e. The van der Waals surface area contributed by atoms with Crippen molar-refractivity contribution in [1.29, 1.82) is 0 Å². The van der Waals surface area contributed by atoms with Gasteiger partial charge in [0.25, 0.3) is 11.8 Å². The van der Waals surface area contributed by atoms with Crippen LogP contribution >= 0.6 is 15.9 Å². The molecule has 1 N–H and O–H groups in total. The van der Waals surface area contributed by atoms with Gasteiger partial charge in [-0.3, -0.25) is 9.59 Å². The van der Waals surface area contributed by atoms with Crippen molar-refractivity contribution in [1.82, 2.24) is 4.90 Å². The van der Waals surface area contributed by atoms with Crippen molar-refractivity contribution in [2.75, 3.05) is 43.5 Å². The van der Waals surface area contributed by atoms with Crippen molar-refractivity contribution in [3.05, 3.63) is 87.9 Å². The molecule has 0 spiro atoms. The number of nitrogens with one attached hydrogen (secondary N) is 1. The molecule has 3 aromatic carbocycles. The van der Waals surface area contributed by atoms with Crippen LogP contribution in [0.2, 0.25) is 0 Å². The number of carbonyl (C=O) groups excluding carboxylic acids is 2. The SMILES string of the molecule is COc1ccc(C(=O)Nc2ccc(N3CCN(C(=O)c4ccc(C)cc4)CC3)cc2)cc1Br. The standard InChI is InChI=1S/C26H26BrN3O3/c1-18-3-5-19(6-4-18)26(32)30-15-13-29(14-16-30)22-10-8-21(9-11-22)28-25(31)20-7-12-24(33-2)23(27)17-20/h3-12,17H,13-16H2,1-2H3,(H,28,31). The molecule has 1 saturated heterocycles. The Morgan fingerprint density at radius 1 is 0.879 bits per heavy atom. The summed E-state index contributed by atoms with van der Waals surface area (Å²) in [5.41, 5.74) is 4.22. The van der Waals surface area contributed by atoms with Crippen LogP contribution in [0.25, 0.3) is 0 Å². The Kier molecular flexibility index (Phi) is 6.99. The Hall–Kier alpha value is -3.32. The van der Waals surface area contributed by atoms with E-state index in [9.17, 15) is 9.59 Å². The zero-order valence-corrected chi connectivity index (χ0v) is 20.3. The Labute approximate surface area is 202 Å². The highest BCUT2D eigenvalue weighted by Crippen LogP contribution is 2.26. The van der Waals surface area contributed by atoms with Gasteiger partial charge in [-0.05, 0) is 77.5 Å². The predicted octanol–water partition coefficient (Wildman–Crippen LogP) is 4.98. The van der Waals surface area contributed by atoms with Crippen LogP contribution in [0.3, 0.4) is 0 Å². The van der Waals surface area contributed by atoms with E-state index < -0.39 is 0 Å². The lowest BCUT2D eigenvalue weighted by Gasteiger charge is -2.36. The molecule has 170 valence electrons. The molecule has 33 heavy (non-hydrogen) atoms. The number of piperazine rings is 1. The maximum atomic E-state index is 12.7. The van der Waals surface area contributed by atoms with Crippen LogP contribution in [-0.4, -0.2) is 50.0 Å². The third-order valence-electron chi connectivity index (χ3n) is 5.77. The van der Waals surface area contributed by atoms with E-state index in [1.165, 1.54) is 0 Å². The monoisotopic (exact) mass is 507 g/mol. The lowest BCUT2D eigenvalue weighted by molar-refractivity contribution is 0.0746. The number of halogens is 1. The summed E-state index contributed by atoms with van der Waals surface area (Å²) in [6.45, 7) is 4.91. The van der Waals surface area contributed by atoms with E-state index in [1.54, 1.807) is 25.3 Å². The van der Waals surface area contributed by atoms with Gasteiger partial charge in [0.1, 0.15) is 5.75 Å². The number of aryl methyl sites for hydroxylation is 1. The number of nitrogens with zero attached hydrogens (tertiary/aromatic N) is 2. The van der Waals surface area contributed by atoms with Crippen molar-refractivity contribution in [2.45, 2.75) is 6.92 Å². The Morgan fingerprint density at radius 3 is 2.12 bits per heavy atom. The third-order valence-corrected chi connectivity index (χ3v) is 6.39. The van der Waals surface area contributed by atoms with E-state index in [4.69, 9.17) is 4.74 Å². The van der Waals surface area contributed by atoms with Gasteiger partial charge in [0.2, 0.25) is 0 Å². The molecule has 0 radical (unpaired) electrons. The van der Waals surface area contributed by atoms with Crippen molar-refractivity contribution in [3.63, 3.8) is 0 Å². The summed E-state index contributed by atoms with van der Waals surface area (Å²) in [5.74, 6) is 0.573. The fourth-order valence-electron chi connectivity index (χ4n) is 3.81. The Bertz CT molecular complexity index is 1140. The average Bonchev–Trinajstić information content (AvgIpc) is 2.84. The van der Waals surface area contributed by atoms with Crippen LogP contribution in [0, 0.1) is 6.92 Å². The van der Waals surface area contributed by atoms with Crippen LogP contribution in [-0.2, 0) is 0 Å². The summed E-state index contributed by atoms with van der Waals surface area (Å²) >= 11 is 3.41. The molecule has 3 aromatic rings. The summed E-state index contributed by atoms with van der Waals surface area (Å²) in [6, 6.07) is 20.7. The number of benzene rings is 3. The summed E-state index contributed by atoms with van der Waals surface area (Å²) in [7, 11) is 1.59. The molecule has 1 aliphatic rings. The van der Waals surface area contributed by atoms with Crippen molar-refractivity contribution in [2.24, 2.45) is 0 Å². The largest absolute Gasteiger partial charge is 0.496 e. The molecule has 7 heteroatoms. The Morgan fingerprint density at radius 2 is 1.52 bits per heavy atom. The van der Waals surface area contributed by atoms with Gasteiger partial charge in [0.15, 0.2) is 0 Å². The highest BCUT2D eigenvalue weighted by atomic mass is 79.9. The van der Waals surface area contributed by atoms with Gasteiger partial charge in [0.05, 0.1) is 11.6 Å². The van der Waals surface area contributed by atoms with Crippen LogP contribution in [0.15, 0.2) is 71.2 Å². The molecular weight excluding hydrogens is 482 g/mol. The van der Waals surface area contributed by atoms with E-state index in [1.807, 2.05) is 60.4 Å². The van der Waals surface area contributed by atoms with Gasteiger partial charge in [0, 0.05) is 48.7 Å². The predicted molar refractivity (Wildman–Crippen MR) is 134 cm³/mol. The first-order valence-electron chi connectivity index (χ1n) is 10.8. The number of ether oxygens (including phenoxy) is 1. The molecule has 1 fully saturated rings. The lowest BCUT2D eigenvalue weighted by Crippen LogP contribution is -2.48. The third kappa shape index (κ3) is 5.37. The van der Waals surface area contributed by atoms with Crippen molar-refractivity contribution in [3.8, 4) is 5.75 Å². The minimum atomic E-state index is -0.186. The first-order chi connectivity index (χ1) is 15.9. The first-order valence-corrected chi connectivity index (χ1v) is 11.6. The molecule has 6 nitrogen and oxygen atoms in total. The van der Waals surface area contributed by atoms with Crippen LogP contribution in [0.5, 0.6) is 5.75 Å².